The zero-order chi connectivity index (χ0) is 14.5. The van der Waals surface area contributed by atoms with Gasteiger partial charge in [0.15, 0.2) is 23.3 Å². The zero-order valence-corrected chi connectivity index (χ0v) is 11.1. The third kappa shape index (κ3) is 2.16. The SMILES string of the molecule is CC1(C2CC2)CN(c2c(F)c(F)cc(F)c2F)CCN1. The second-order valence-corrected chi connectivity index (χ2v) is 5.86. The van der Waals surface area contributed by atoms with E-state index in [-0.39, 0.29) is 11.6 Å². The standard InChI is InChI=1S/C14H16F4N2/c1-14(8-2-3-8)7-20(5-4-19-14)13-11(17)9(15)6-10(16)12(13)18/h6,8,19H,2-5,7H2,1H3. The van der Waals surface area contributed by atoms with Crippen molar-refractivity contribution in [1.82, 2.24) is 5.32 Å². The molecule has 2 nitrogen and oxygen atoms in total. The maximum Gasteiger partial charge on any atom is 0.185 e. The van der Waals surface area contributed by atoms with E-state index in [0.29, 0.717) is 25.6 Å². The first kappa shape index (κ1) is 13.7. The third-order valence-corrected chi connectivity index (χ3v) is 4.31. The number of hydrogen-bond acceptors (Lipinski definition) is 2. The van der Waals surface area contributed by atoms with E-state index in [0.717, 1.165) is 12.8 Å². The van der Waals surface area contributed by atoms with Gasteiger partial charge in [-0.1, -0.05) is 0 Å². The molecule has 1 saturated carbocycles. The number of piperazine rings is 1. The number of rotatable bonds is 2. The molecule has 1 unspecified atom stereocenters. The molecule has 6 heteroatoms. The van der Waals surface area contributed by atoms with Crippen LogP contribution in [0.4, 0.5) is 23.2 Å². The van der Waals surface area contributed by atoms with Gasteiger partial charge in [0, 0.05) is 31.2 Å². The predicted octanol–water partition coefficient (Wildman–Crippen LogP) is 2.82. The van der Waals surface area contributed by atoms with Crippen LogP contribution in [0, 0.1) is 29.2 Å². The highest BCUT2D eigenvalue weighted by Gasteiger charge is 2.44. The van der Waals surface area contributed by atoms with Crippen molar-refractivity contribution in [1.29, 1.82) is 0 Å². The van der Waals surface area contributed by atoms with E-state index in [9.17, 15) is 17.6 Å². The number of benzene rings is 1. The summed E-state index contributed by atoms with van der Waals surface area (Å²) in [5, 5.41) is 3.35. The van der Waals surface area contributed by atoms with Crippen LogP contribution in [0.5, 0.6) is 0 Å². The Hall–Kier alpha value is -1.30. The molecular weight excluding hydrogens is 272 g/mol. The molecule has 2 aliphatic rings. The van der Waals surface area contributed by atoms with E-state index in [1.54, 1.807) is 0 Å². The van der Waals surface area contributed by atoms with Gasteiger partial charge in [0.05, 0.1) is 0 Å². The minimum absolute atomic E-state index is 0.246. The average molecular weight is 288 g/mol. The van der Waals surface area contributed by atoms with Crippen molar-refractivity contribution in [3.63, 3.8) is 0 Å². The first-order chi connectivity index (χ1) is 9.42. The molecule has 110 valence electrons. The summed E-state index contributed by atoms with van der Waals surface area (Å²) in [6.07, 6.45) is 2.14. The Morgan fingerprint density at radius 2 is 1.75 bits per heavy atom. The maximum atomic E-state index is 13.9. The zero-order valence-electron chi connectivity index (χ0n) is 11.1. The monoisotopic (exact) mass is 288 g/mol. The molecule has 0 amide bonds. The van der Waals surface area contributed by atoms with Gasteiger partial charge in [-0.05, 0) is 25.7 Å². The van der Waals surface area contributed by atoms with E-state index >= 15 is 0 Å². The van der Waals surface area contributed by atoms with Crippen LogP contribution in [0.25, 0.3) is 0 Å². The smallest absolute Gasteiger partial charge is 0.185 e. The summed E-state index contributed by atoms with van der Waals surface area (Å²) in [5.41, 5.74) is -0.851. The van der Waals surface area contributed by atoms with Crippen molar-refractivity contribution in [3.8, 4) is 0 Å². The van der Waals surface area contributed by atoms with Crippen molar-refractivity contribution >= 4 is 5.69 Å². The Labute approximate surface area is 114 Å². The summed E-state index contributed by atoms with van der Waals surface area (Å²) in [6.45, 7) is 3.18. The van der Waals surface area contributed by atoms with Crippen LogP contribution < -0.4 is 10.2 Å². The number of anilines is 1. The van der Waals surface area contributed by atoms with Crippen molar-refractivity contribution in [3.05, 3.63) is 29.3 Å². The van der Waals surface area contributed by atoms with Gasteiger partial charge in [-0.3, -0.25) is 0 Å². The largest absolute Gasteiger partial charge is 0.363 e. The Morgan fingerprint density at radius 1 is 1.15 bits per heavy atom. The van der Waals surface area contributed by atoms with Crippen molar-refractivity contribution in [2.45, 2.75) is 25.3 Å². The molecule has 1 aliphatic carbocycles. The molecule has 2 fully saturated rings. The molecule has 1 N–H and O–H groups in total. The quantitative estimate of drug-likeness (QED) is 0.665. The molecule has 0 aromatic heterocycles. The molecule has 0 radical (unpaired) electrons. The van der Waals surface area contributed by atoms with E-state index in [1.807, 2.05) is 6.92 Å². The van der Waals surface area contributed by atoms with Gasteiger partial charge in [-0.2, -0.15) is 0 Å². The average Bonchev–Trinajstić information content (AvgIpc) is 3.21. The molecule has 1 atom stereocenters. The van der Waals surface area contributed by atoms with Gasteiger partial charge in [-0.15, -0.1) is 0 Å². The highest BCUT2D eigenvalue weighted by Crippen LogP contribution is 2.42. The third-order valence-electron chi connectivity index (χ3n) is 4.31. The molecule has 1 aliphatic heterocycles. The first-order valence-electron chi connectivity index (χ1n) is 6.75. The molecule has 1 aromatic carbocycles. The number of hydrogen-bond donors (Lipinski definition) is 1. The van der Waals surface area contributed by atoms with Crippen molar-refractivity contribution in [2.24, 2.45) is 5.92 Å². The number of nitrogens with zero attached hydrogens (tertiary/aromatic N) is 1. The summed E-state index contributed by atoms with van der Waals surface area (Å²) in [4.78, 5) is 1.41. The highest BCUT2D eigenvalue weighted by atomic mass is 19.2. The fourth-order valence-corrected chi connectivity index (χ4v) is 3.03. The van der Waals surface area contributed by atoms with Crippen LogP contribution in [0.2, 0.25) is 0 Å². The summed E-state index contributed by atoms with van der Waals surface area (Å²) < 4.78 is 54.3. The summed E-state index contributed by atoms with van der Waals surface area (Å²) in [5.74, 6) is -4.89. The molecule has 0 spiro atoms. The Bertz CT molecular complexity index is 518. The van der Waals surface area contributed by atoms with Crippen molar-refractivity contribution in [2.75, 3.05) is 24.5 Å². The second kappa shape index (κ2) is 4.62. The first-order valence-corrected chi connectivity index (χ1v) is 6.75. The van der Waals surface area contributed by atoms with Gasteiger partial charge in [0.25, 0.3) is 0 Å². The van der Waals surface area contributed by atoms with Crippen LogP contribution in [0.3, 0.4) is 0 Å². The van der Waals surface area contributed by atoms with Gasteiger partial charge < -0.3 is 10.2 Å². The lowest BCUT2D eigenvalue weighted by atomic mass is 9.92. The lowest BCUT2D eigenvalue weighted by molar-refractivity contribution is 0.282. The highest BCUT2D eigenvalue weighted by molar-refractivity contribution is 5.51. The topological polar surface area (TPSA) is 15.3 Å². The summed E-state index contributed by atoms with van der Waals surface area (Å²) in [6, 6.07) is 0.246. The van der Waals surface area contributed by atoms with E-state index in [1.165, 1.54) is 4.90 Å². The van der Waals surface area contributed by atoms with E-state index < -0.39 is 29.0 Å². The Balaban J connectivity index is 1.96. The molecular formula is C14H16F4N2. The van der Waals surface area contributed by atoms with E-state index in [4.69, 9.17) is 0 Å². The molecule has 3 rings (SSSR count). The summed E-state index contributed by atoms with van der Waals surface area (Å²) >= 11 is 0. The van der Waals surface area contributed by atoms with Crippen LogP contribution in [-0.2, 0) is 0 Å². The second-order valence-electron chi connectivity index (χ2n) is 5.86. The van der Waals surface area contributed by atoms with Gasteiger partial charge >= 0.3 is 0 Å². The van der Waals surface area contributed by atoms with Crippen molar-refractivity contribution < 1.29 is 17.6 Å². The number of nitrogens with one attached hydrogen (secondary N) is 1. The molecule has 1 saturated heterocycles. The fourth-order valence-electron chi connectivity index (χ4n) is 3.03. The predicted molar refractivity (Wildman–Crippen MR) is 67.6 cm³/mol. The van der Waals surface area contributed by atoms with Gasteiger partial charge in [-0.25, -0.2) is 17.6 Å². The van der Waals surface area contributed by atoms with Crippen LogP contribution >= 0.6 is 0 Å². The minimum Gasteiger partial charge on any atom is -0.363 e. The molecule has 1 heterocycles. The van der Waals surface area contributed by atoms with E-state index in [2.05, 4.69) is 5.32 Å². The maximum absolute atomic E-state index is 13.9. The number of halogens is 4. The normalized spacial score (nSPS) is 26.9. The summed E-state index contributed by atoms with van der Waals surface area (Å²) in [7, 11) is 0. The lowest BCUT2D eigenvalue weighted by Gasteiger charge is -2.43. The lowest BCUT2D eigenvalue weighted by Crippen LogP contribution is -2.60. The molecule has 20 heavy (non-hydrogen) atoms. The van der Waals surface area contributed by atoms with Crippen LogP contribution in [0.15, 0.2) is 6.07 Å². The van der Waals surface area contributed by atoms with Gasteiger partial charge in [0.1, 0.15) is 5.69 Å². The van der Waals surface area contributed by atoms with Crippen LogP contribution in [-0.4, -0.2) is 25.2 Å². The Morgan fingerprint density at radius 3 is 2.30 bits per heavy atom. The van der Waals surface area contributed by atoms with Gasteiger partial charge in [0.2, 0.25) is 0 Å². The Kier molecular flexibility index (Phi) is 3.16. The van der Waals surface area contributed by atoms with Crippen LogP contribution in [0.1, 0.15) is 19.8 Å². The minimum atomic E-state index is -1.36. The fraction of sp³-hybridized carbons (Fsp3) is 0.571. The molecule has 1 aromatic rings. The molecule has 0 bridgehead atoms.